The number of carbonyl (C=O) groups is 1. The second-order valence-electron chi connectivity index (χ2n) is 5.46. The van der Waals surface area contributed by atoms with E-state index in [0.717, 1.165) is 30.9 Å². The van der Waals surface area contributed by atoms with Gasteiger partial charge in [-0.05, 0) is 24.0 Å². The molecule has 0 aliphatic carbocycles. The van der Waals surface area contributed by atoms with Crippen LogP contribution in [0.15, 0.2) is 18.2 Å². The van der Waals surface area contributed by atoms with Gasteiger partial charge in [-0.25, -0.2) is 0 Å². The summed E-state index contributed by atoms with van der Waals surface area (Å²) in [6.07, 6.45) is 0.982. The molecule has 0 fully saturated rings. The summed E-state index contributed by atoms with van der Waals surface area (Å²) in [4.78, 5) is 15.3. The lowest BCUT2D eigenvalue weighted by Crippen LogP contribution is -2.31. The third kappa shape index (κ3) is 2.83. The van der Waals surface area contributed by atoms with E-state index in [1.165, 1.54) is 5.56 Å². The van der Waals surface area contributed by atoms with Gasteiger partial charge in [-0.3, -0.25) is 4.79 Å². The van der Waals surface area contributed by atoms with Gasteiger partial charge in [-0.2, -0.15) is 0 Å². The van der Waals surface area contributed by atoms with Crippen molar-refractivity contribution in [2.45, 2.75) is 26.2 Å². The van der Waals surface area contributed by atoms with Crippen molar-refractivity contribution in [1.82, 2.24) is 0 Å². The van der Waals surface area contributed by atoms with E-state index in [1.54, 1.807) is 0 Å². The summed E-state index contributed by atoms with van der Waals surface area (Å²) in [5, 5.41) is 9.12. The second-order valence-corrected chi connectivity index (χ2v) is 5.46. The molecule has 0 unspecified atom stereocenters. The molecule has 1 heterocycles. The number of carboxylic acids is 1. The van der Waals surface area contributed by atoms with Gasteiger partial charge in [0.1, 0.15) is 6.54 Å². The predicted octanol–water partition coefficient (Wildman–Crippen LogP) is 2.54. The van der Waals surface area contributed by atoms with Gasteiger partial charge in [0.15, 0.2) is 0 Å². The van der Waals surface area contributed by atoms with Gasteiger partial charge in [0, 0.05) is 20.1 Å². The first-order valence-corrected chi connectivity index (χ1v) is 6.81. The van der Waals surface area contributed by atoms with Crippen molar-refractivity contribution in [1.29, 1.82) is 0 Å². The number of rotatable bonds is 3. The Morgan fingerprint density at radius 3 is 2.74 bits per heavy atom. The predicted molar refractivity (Wildman–Crippen MR) is 78.3 cm³/mol. The maximum Gasteiger partial charge on any atom is 0.323 e. The summed E-state index contributed by atoms with van der Waals surface area (Å²) < 4.78 is 0. The second kappa shape index (κ2) is 5.51. The zero-order valence-electron chi connectivity index (χ0n) is 11.9. The molecule has 1 aliphatic heterocycles. The van der Waals surface area contributed by atoms with Crippen molar-refractivity contribution in [2.24, 2.45) is 0 Å². The minimum atomic E-state index is -0.769. The Hall–Kier alpha value is -1.71. The minimum Gasteiger partial charge on any atom is -0.480 e. The molecule has 2 rings (SSSR count). The molecular formula is C15H22N2O2. The molecule has 1 N–H and O–H groups in total. The molecule has 4 heteroatoms. The lowest BCUT2D eigenvalue weighted by atomic mass is 9.99. The number of fused-ring (bicyclic) bond motifs is 1. The monoisotopic (exact) mass is 262 g/mol. The molecule has 0 aromatic heterocycles. The van der Waals surface area contributed by atoms with Crippen LogP contribution in [0.5, 0.6) is 0 Å². The van der Waals surface area contributed by atoms with E-state index in [1.807, 2.05) is 4.90 Å². The first kappa shape index (κ1) is 13.7. The highest BCUT2D eigenvalue weighted by molar-refractivity contribution is 5.81. The average Bonchev–Trinajstić information content (AvgIpc) is 2.49. The third-order valence-corrected chi connectivity index (χ3v) is 3.64. The van der Waals surface area contributed by atoms with E-state index in [2.05, 4.69) is 44.0 Å². The Bertz CT molecular complexity index is 471. The van der Waals surface area contributed by atoms with Gasteiger partial charge < -0.3 is 14.9 Å². The van der Waals surface area contributed by atoms with Crippen molar-refractivity contribution in [3.8, 4) is 0 Å². The molecule has 0 atom stereocenters. The van der Waals surface area contributed by atoms with Crippen LogP contribution in [0.1, 0.15) is 31.7 Å². The van der Waals surface area contributed by atoms with Crippen LogP contribution in [0.2, 0.25) is 0 Å². The van der Waals surface area contributed by atoms with E-state index in [9.17, 15) is 4.79 Å². The van der Waals surface area contributed by atoms with Crippen molar-refractivity contribution >= 4 is 17.3 Å². The number of carboxylic acid groups (broad SMARTS) is 1. The first-order valence-electron chi connectivity index (χ1n) is 6.81. The number of nitrogens with zero attached hydrogens (tertiary/aromatic N) is 2. The molecule has 0 saturated carbocycles. The van der Waals surface area contributed by atoms with Gasteiger partial charge in [0.2, 0.25) is 0 Å². The van der Waals surface area contributed by atoms with E-state index >= 15 is 0 Å². The molecule has 0 spiro atoms. The van der Waals surface area contributed by atoms with Crippen molar-refractivity contribution in [3.63, 3.8) is 0 Å². The average molecular weight is 262 g/mol. The molecule has 104 valence electrons. The summed E-state index contributed by atoms with van der Waals surface area (Å²) in [6, 6.07) is 6.26. The number of benzene rings is 1. The summed E-state index contributed by atoms with van der Waals surface area (Å²) >= 11 is 0. The smallest absolute Gasteiger partial charge is 0.323 e. The largest absolute Gasteiger partial charge is 0.480 e. The Labute approximate surface area is 114 Å². The van der Waals surface area contributed by atoms with Crippen molar-refractivity contribution < 1.29 is 9.90 Å². The molecule has 4 nitrogen and oxygen atoms in total. The van der Waals surface area contributed by atoms with Gasteiger partial charge >= 0.3 is 5.97 Å². The summed E-state index contributed by atoms with van der Waals surface area (Å²) in [7, 11) is 2.08. The molecule has 0 amide bonds. The van der Waals surface area contributed by atoms with Crippen LogP contribution >= 0.6 is 0 Å². The van der Waals surface area contributed by atoms with E-state index < -0.39 is 5.97 Å². The third-order valence-electron chi connectivity index (χ3n) is 3.64. The maximum absolute atomic E-state index is 11.1. The van der Waals surface area contributed by atoms with Crippen LogP contribution in [-0.2, 0) is 4.79 Å². The van der Waals surface area contributed by atoms with Crippen molar-refractivity contribution in [2.75, 3.05) is 36.5 Å². The topological polar surface area (TPSA) is 43.8 Å². The van der Waals surface area contributed by atoms with Crippen LogP contribution in [0.3, 0.4) is 0 Å². The Morgan fingerprint density at radius 1 is 1.37 bits per heavy atom. The number of hydrogen-bond acceptors (Lipinski definition) is 3. The number of hydrogen-bond donors (Lipinski definition) is 1. The standard InChI is InChI=1S/C15H22N2O2/c1-11(2)12-6-4-7-13-15(12)17(10-14(18)19)9-5-8-16(13)3/h4,6-7,11H,5,8-10H2,1-3H3,(H,18,19). The van der Waals surface area contributed by atoms with E-state index in [4.69, 9.17) is 5.11 Å². The fourth-order valence-corrected chi connectivity index (χ4v) is 2.72. The molecule has 1 aromatic carbocycles. The van der Waals surface area contributed by atoms with Crippen LogP contribution in [0.25, 0.3) is 0 Å². The normalized spacial score (nSPS) is 15.4. The quantitative estimate of drug-likeness (QED) is 0.909. The molecule has 0 saturated heterocycles. The number of para-hydroxylation sites is 1. The zero-order chi connectivity index (χ0) is 14.0. The lowest BCUT2D eigenvalue weighted by Gasteiger charge is -2.28. The molecule has 1 aromatic rings. The van der Waals surface area contributed by atoms with Gasteiger partial charge in [-0.1, -0.05) is 26.0 Å². The highest BCUT2D eigenvalue weighted by Gasteiger charge is 2.23. The first-order chi connectivity index (χ1) is 9.00. The van der Waals surface area contributed by atoms with Crippen LogP contribution in [0.4, 0.5) is 11.4 Å². The lowest BCUT2D eigenvalue weighted by molar-refractivity contribution is -0.135. The summed E-state index contributed by atoms with van der Waals surface area (Å²) in [5.41, 5.74) is 3.47. The highest BCUT2D eigenvalue weighted by atomic mass is 16.4. The van der Waals surface area contributed by atoms with Crippen LogP contribution < -0.4 is 9.80 Å². The Morgan fingerprint density at radius 2 is 2.11 bits per heavy atom. The van der Waals surface area contributed by atoms with Gasteiger partial charge in [0.25, 0.3) is 0 Å². The minimum absolute atomic E-state index is 0.0740. The zero-order valence-corrected chi connectivity index (χ0v) is 11.9. The maximum atomic E-state index is 11.1. The Balaban J connectivity index is 2.53. The molecular weight excluding hydrogens is 240 g/mol. The molecule has 0 radical (unpaired) electrons. The van der Waals surface area contributed by atoms with E-state index in [-0.39, 0.29) is 6.54 Å². The number of aliphatic carboxylic acids is 1. The van der Waals surface area contributed by atoms with Gasteiger partial charge in [-0.15, -0.1) is 0 Å². The fraction of sp³-hybridized carbons (Fsp3) is 0.533. The van der Waals surface area contributed by atoms with Crippen LogP contribution in [-0.4, -0.2) is 37.8 Å². The van der Waals surface area contributed by atoms with E-state index in [0.29, 0.717) is 5.92 Å². The summed E-state index contributed by atoms with van der Waals surface area (Å²) in [5.74, 6) is -0.383. The summed E-state index contributed by atoms with van der Waals surface area (Å²) in [6.45, 7) is 6.14. The fourth-order valence-electron chi connectivity index (χ4n) is 2.72. The molecule has 1 aliphatic rings. The SMILES string of the molecule is CC(C)c1cccc2c1N(CC(=O)O)CCCN2C. The molecule has 0 bridgehead atoms. The number of anilines is 2. The van der Waals surface area contributed by atoms with Crippen LogP contribution in [0, 0.1) is 0 Å². The Kier molecular flexibility index (Phi) is 3.98. The highest BCUT2D eigenvalue weighted by Crippen LogP contribution is 2.38. The van der Waals surface area contributed by atoms with Crippen molar-refractivity contribution in [3.05, 3.63) is 23.8 Å². The molecule has 19 heavy (non-hydrogen) atoms. The van der Waals surface area contributed by atoms with Gasteiger partial charge in [0.05, 0.1) is 11.4 Å².